The molecule has 176 valence electrons. The highest BCUT2D eigenvalue weighted by atomic mass is 16.5. The van der Waals surface area contributed by atoms with Crippen LogP contribution in [0.25, 0.3) is 0 Å². The maximum absolute atomic E-state index is 12.9. The highest BCUT2D eigenvalue weighted by molar-refractivity contribution is 6.06. The van der Waals surface area contributed by atoms with Crippen LogP contribution in [0.4, 0.5) is 17.1 Å². The Morgan fingerprint density at radius 3 is 2.03 bits per heavy atom. The number of carbonyl (C=O) groups excluding carboxylic acids is 3. The van der Waals surface area contributed by atoms with Gasteiger partial charge >= 0.3 is 5.97 Å². The molecule has 0 saturated carbocycles. The van der Waals surface area contributed by atoms with E-state index in [1.165, 1.54) is 0 Å². The van der Waals surface area contributed by atoms with Crippen LogP contribution < -0.4 is 15.5 Å². The molecule has 3 aromatic rings. The van der Waals surface area contributed by atoms with E-state index in [-0.39, 0.29) is 24.3 Å². The maximum atomic E-state index is 12.9. The zero-order valence-corrected chi connectivity index (χ0v) is 19.4. The summed E-state index contributed by atoms with van der Waals surface area (Å²) in [5.74, 6) is -0.695. The third-order valence-electron chi connectivity index (χ3n) is 5.06. The largest absolute Gasteiger partial charge is 0.462 e. The number of ether oxygens (including phenoxy) is 1. The van der Waals surface area contributed by atoms with Crippen LogP contribution in [0.5, 0.6) is 0 Å². The fraction of sp³-hybridized carbons (Fsp3) is 0.222. The van der Waals surface area contributed by atoms with Crippen molar-refractivity contribution >= 4 is 34.8 Å². The molecule has 0 bridgehead atoms. The van der Waals surface area contributed by atoms with Gasteiger partial charge in [0, 0.05) is 29.2 Å². The Hall–Kier alpha value is -4.13. The molecule has 0 heterocycles. The molecule has 3 rings (SSSR count). The zero-order valence-electron chi connectivity index (χ0n) is 19.4. The van der Waals surface area contributed by atoms with Gasteiger partial charge in [0.05, 0.1) is 18.7 Å². The first-order chi connectivity index (χ1) is 16.5. The van der Waals surface area contributed by atoms with Crippen LogP contribution in [0.15, 0.2) is 78.9 Å². The minimum absolute atomic E-state index is 0.0535. The lowest BCUT2D eigenvalue weighted by Gasteiger charge is -2.21. The Morgan fingerprint density at radius 2 is 1.41 bits per heavy atom. The number of carbonyl (C=O) groups is 3. The number of nitrogens with zero attached hydrogens (tertiary/aromatic N) is 1. The summed E-state index contributed by atoms with van der Waals surface area (Å²) >= 11 is 0. The normalized spacial score (nSPS) is 10.3. The second kappa shape index (κ2) is 12.2. The van der Waals surface area contributed by atoms with Crippen LogP contribution in [0.2, 0.25) is 0 Å². The van der Waals surface area contributed by atoms with Crippen molar-refractivity contribution in [3.8, 4) is 0 Å². The van der Waals surface area contributed by atoms with Crippen molar-refractivity contribution in [2.75, 3.05) is 35.2 Å². The van der Waals surface area contributed by atoms with E-state index in [1.807, 2.05) is 44.2 Å². The lowest BCUT2D eigenvalue weighted by atomic mass is 10.1. The van der Waals surface area contributed by atoms with Gasteiger partial charge in [0.2, 0.25) is 5.91 Å². The lowest BCUT2D eigenvalue weighted by molar-refractivity contribution is -0.114. The van der Waals surface area contributed by atoms with Gasteiger partial charge in [-0.25, -0.2) is 4.79 Å². The number of hydrogen-bond acceptors (Lipinski definition) is 5. The molecule has 0 aromatic heterocycles. The molecule has 0 fully saturated rings. The summed E-state index contributed by atoms with van der Waals surface area (Å²) in [6.07, 6.45) is 0.768. The Labute approximate surface area is 199 Å². The summed E-state index contributed by atoms with van der Waals surface area (Å²) < 4.78 is 5.10. The number of amides is 2. The molecule has 2 amide bonds. The smallest absolute Gasteiger partial charge is 0.338 e. The number of benzene rings is 3. The van der Waals surface area contributed by atoms with Gasteiger partial charge < -0.3 is 20.3 Å². The van der Waals surface area contributed by atoms with Crippen LogP contribution >= 0.6 is 0 Å². The van der Waals surface area contributed by atoms with E-state index in [1.54, 1.807) is 53.4 Å². The number of rotatable bonds is 10. The zero-order chi connectivity index (χ0) is 24.3. The fourth-order valence-corrected chi connectivity index (χ4v) is 3.29. The van der Waals surface area contributed by atoms with Crippen molar-refractivity contribution < 1.29 is 19.1 Å². The highest BCUT2D eigenvalue weighted by Gasteiger charge is 2.16. The fourth-order valence-electron chi connectivity index (χ4n) is 3.29. The Kier molecular flexibility index (Phi) is 8.80. The van der Waals surface area contributed by atoms with Crippen molar-refractivity contribution in [1.82, 2.24) is 0 Å². The van der Waals surface area contributed by atoms with Crippen LogP contribution in [0, 0.1) is 0 Å². The van der Waals surface area contributed by atoms with E-state index < -0.39 is 0 Å². The second-order valence-electron chi connectivity index (χ2n) is 7.58. The first-order valence-corrected chi connectivity index (χ1v) is 11.3. The van der Waals surface area contributed by atoms with Crippen molar-refractivity contribution in [3.05, 3.63) is 90.0 Å². The van der Waals surface area contributed by atoms with Gasteiger partial charge in [-0.05, 0) is 74.0 Å². The SMILES string of the molecule is CCCOC(=O)c1ccc(NCC(=O)Nc2ccc(C(=O)N(CC)c3ccccc3)cc2)cc1. The standard InChI is InChI=1S/C27H29N3O4/c1-3-18-34-27(33)21-12-14-22(15-13-21)28-19-25(31)29-23-16-10-20(11-17-23)26(32)30(4-2)24-8-6-5-7-9-24/h5-17,28H,3-4,18-19H2,1-2H3,(H,29,31). The van der Waals surface area contributed by atoms with Crippen LogP contribution in [-0.4, -0.2) is 37.5 Å². The number of esters is 1. The van der Waals surface area contributed by atoms with Gasteiger partial charge in [0.15, 0.2) is 0 Å². The molecule has 0 aliphatic heterocycles. The predicted molar refractivity (Wildman–Crippen MR) is 134 cm³/mol. The van der Waals surface area contributed by atoms with E-state index in [4.69, 9.17) is 4.74 Å². The third-order valence-corrected chi connectivity index (χ3v) is 5.06. The average molecular weight is 460 g/mol. The molecule has 0 aliphatic carbocycles. The average Bonchev–Trinajstić information content (AvgIpc) is 2.88. The molecule has 0 unspecified atom stereocenters. The molecule has 0 radical (unpaired) electrons. The van der Waals surface area contributed by atoms with Crippen LogP contribution in [0.3, 0.4) is 0 Å². The van der Waals surface area contributed by atoms with Gasteiger partial charge in [0.25, 0.3) is 5.91 Å². The van der Waals surface area contributed by atoms with Gasteiger partial charge in [-0.3, -0.25) is 9.59 Å². The van der Waals surface area contributed by atoms with E-state index >= 15 is 0 Å². The number of para-hydroxylation sites is 1. The molecule has 34 heavy (non-hydrogen) atoms. The Morgan fingerprint density at radius 1 is 0.794 bits per heavy atom. The topological polar surface area (TPSA) is 87.7 Å². The van der Waals surface area contributed by atoms with E-state index in [0.717, 1.165) is 12.1 Å². The second-order valence-corrected chi connectivity index (χ2v) is 7.58. The van der Waals surface area contributed by atoms with Gasteiger partial charge in [0.1, 0.15) is 0 Å². The van der Waals surface area contributed by atoms with Gasteiger partial charge in [-0.2, -0.15) is 0 Å². The Bertz CT molecular complexity index is 1100. The molecule has 0 aliphatic rings. The summed E-state index contributed by atoms with van der Waals surface area (Å²) in [7, 11) is 0. The summed E-state index contributed by atoms with van der Waals surface area (Å²) in [4.78, 5) is 38.7. The van der Waals surface area contributed by atoms with Crippen molar-refractivity contribution in [3.63, 3.8) is 0 Å². The summed E-state index contributed by atoms with van der Waals surface area (Å²) in [6, 6.07) is 23.1. The Balaban J connectivity index is 1.52. The predicted octanol–water partition coefficient (Wildman–Crippen LogP) is 4.97. The minimum Gasteiger partial charge on any atom is -0.462 e. The number of anilines is 3. The maximum Gasteiger partial charge on any atom is 0.338 e. The summed E-state index contributed by atoms with van der Waals surface area (Å²) in [5, 5.41) is 5.82. The molecule has 0 atom stereocenters. The molecular formula is C27H29N3O4. The summed E-state index contributed by atoms with van der Waals surface area (Å²) in [6.45, 7) is 4.85. The molecule has 2 N–H and O–H groups in total. The molecule has 7 heteroatoms. The monoisotopic (exact) mass is 459 g/mol. The van der Waals surface area contributed by atoms with Gasteiger partial charge in [-0.15, -0.1) is 0 Å². The molecule has 3 aromatic carbocycles. The third kappa shape index (κ3) is 6.68. The van der Waals surface area contributed by atoms with E-state index in [0.29, 0.717) is 35.7 Å². The van der Waals surface area contributed by atoms with Crippen molar-refractivity contribution in [1.29, 1.82) is 0 Å². The molecule has 0 saturated heterocycles. The summed E-state index contributed by atoms with van der Waals surface area (Å²) in [5.41, 5.74) is 3.15. The quantitative estimate of drug-likeness (QED) is 0.418. The lowest BCUT2D eigenvalue weighted by Crippen LogP contribution is -2.30. The van der Waals surface area contributed by atoms with Crippen molar-refractivity contribution in [2.24, 2.45) is 0 Å². The first kappa shape index (κ1) is 24.5. The first-order valence-electron chi connectivity index (χ1n) is 11.3. The number of nitrogens with one attached hydrogen (secondary N) is 2. The van der Waals surface area contributed by atoms with Crippen molar-refractivity contribution in [2.45, 2.75) is 20.3 Å². The minimum atomic E-state index is -0.362. The van der Waals surface area contributed by atoms with Crippen LogP contribution in [-0.2, 0) is 9.53 Å². The highest BCUT2D eigenvalue weighted by Crippen LogP contribution is 2.18. The van der Waals surface area contributed by atoms with E-state index in [2.05, 4.69) is 10.6 Å². The van der Waals surface area contributed by atoms with Gasteiger partial charge in [-0.1, -0.05) is 25.1 Å². The van der Waals surface area contributed by atoms with Crippen LogP contribution in [0.1, 0.15) is 41.0 Å². The molecule has 7 nitrogen and oxygen atoms in total. The van der Waals surface area contributed by atoms with E-state index in [9.17, 15) is 14.4 Å². The molecular weight excluding hydrogens is 430 g/mol. The molecule has 0 spiro atoms. The number of hydrogen-bond donors (Lipinski definition) is 2.